The van der Waals surface area contributed by atoms with Crippen molar-refractivity contribution < 1.29 is 9.47 Å². The van der Waals surface area contributed by atoms with Crippen LogP contribution in [0.3, 0.4) is 0 Å². The number of nitrogens with one attached hydrogen (secondary N) is 1. The molecule has 3 nitrogen and oxygen atoms in total. The Labute approximate surface area is 117 Å². The molecule has 0 aliphatic heterocycles. The number of methoxy groups -OCH3 is 1. The van der Waals surface area contributed by atoms with E-state index in [1.807, 2.05) is 26.0 Å². The molecule has 0 saturated carbocycles. The quantitative estimate of drug-likeness (QED) is 0.779. The van der Waals surface area contributed by atoms with Gasteiger partial charge in [0, 0.05) is 12.7 Å². The van der Waals surface area contributed by atoms with Gasteiger partial charge in [-0.2, -0.15) is 0 Å². The van der Waals surface area contributed by atoms with Crippen molar-refractivity contribution in [1.29, 1.82) is 0 Å². The summed E-state index contributed by atoms with van der Waals surface area (Å²) >= 11 is 0. The highest BCUT2D eigenvalue weighted by Gasteiger charge is 2.23. The molecule has 0 radical (unpaired) electrons. The van der Waals surface area contributed by atoms with Crippen LogP contribution < -0.4 is 10.1 Å². The first-order valence-electron chi connectivity index (χ1n) is 7.15. The Morgan fingerprint density at radius 3 is 2.37 bits per heavy atom. The zero-order valence-electron chi connectivity index (χ0n) is 12.8. The first kappa shape index (κ1) is 16.0. The van der Waals surface area contributed by atoms with E-state index in [-0.39, 0.29) is 18.2 Å². The lowest BCUT2D eigenvalue weighted by Crippen LogP contribution is -2.33. The van der Waals surface area contributed by atoms with Crippen LogP contribution >= 0.6 is 0 Å². The molecule has 0 bridgehead atoms. The third-order valence-corrected chi connectivity index (χ3v) is 3.12. The summed E-state index contributed by atoms with van der Waals surface area (Å²) in [5, 5.41) is 3.51. The number of ether oxygens (including phenoxy) is 2. The van der Waals surface area contributed by atoms with Crippen molar-refractivity contribution in [2.75, 3.05) is 13.7 Å². The molecule has 0 heterocycles. The standard InChI is InChI=1S/C16H27NO2/c1-6-14(18-5)16(17-7-2)13-10-8-9-11-15(13)19-12(3)4/h8-12,14,16-17H,6-7H2,1-5H3. The Morgan fingerprint density at radius 1 is 1.16 bits per heavy atom. The van der Waals surface area contributed by atoms with Gasteiger partial charge in [0.15, 0.2) is 0 Å². The van der Waals surface area contributed by atoms with E-state index < -0.39 is 0 Å². The molecule has 2 atom stereocenters. The van der Waals surface area contributed by atoms with Crippen LogP contribution in [-0.2, 0) is 4.74 Å². The molecule has 1 rings (SSSR count). The van der Waals surface area contributed by atoms with Crippen LogP contribution in [0.2, 0.25) is 0 Å². The lowest BCUT2D eigenvalue weighted by atomic mass is 9.98. The summed E-state index contributed by atoms with van der Waals surface area (Å²) in [6.07, 6.45) is 1.28. The molecular weight excluding hydrogens is 238 g/mol. The molecule has 108 valence electrons. The van der Waals surface area contributed by atoms with Gasteiger partial charge in [-0.05, 0) is 32.9 Å². The highest BCUT2D eigenvalue weighted by atomic mass is 16.5. The molecule has 0 spiro atoms. The normalized spacial score (nSPS) is 14.4. The number of hydrogen-bond donors (Lipinski definition) is 1. The van der Waals surface area contributed by atoms with Gasteiger partial charge < -0.3 is 14.8 Å². The van der Waals surface area contributed by atoms with Gasteiger partial charge >= 0.3 is 0 Å². The van der Waals surface area contributed by atoms with Crippen molar-refractivity contribution in [2.24, 2.45) is 0 Å². The number of para-hydroxylation sites is 1. The van der Waals surface area contributed by atoms with Gasteiger partial charge in [-0.25, -0.2) is 0 Å². The Kier molecular flexibility index (Phi) is 6.89. The summed E-state index contributed by atoms with van der Waals surface area (Å²) in [6, 6.07) is 8.37. The van der Waals surface area contributed by atoms with E-state index in [0.717, 1.165) is 18.7 Å². The van der Waals surface area contributed by atoms with Gasteiger partial charge in [-0.15, -0.1) is 0 Å². The van der Waals surface area contributed by atoms with Crippen molar-refractivity contribution in [3.8, 4) is 5.75 Å². The minimum absolute atomic E-state index is 0.150. The Balaban J connectivity index is 3.06. The maximum Gasteiger partial charge on any atom is 0.124 e. The highest BCUT2D eigenvalue weighted by molar-refractivity contribution is 5.36. The van der Waals surface area contributed by atoms with Gasteiger partial charge in [0.25, 0.3) is 0 Å². The minimum Gasteiger partial charge on any atom is -0.491 e. The fourth-order valence-electron chi connectivity index (χ4n) is 2.30. The molecule has 0 aromatic heterocycles. The number of benzene rings is 1. The van der Waals surface area contributed by atoms with Crippen LogP contribution in [0.1, 0.15) is 45.7 Å². The molecule has 0 aliphatic carbocycles. The second-order valence-electron chi connectivity index (χ2n) is 4.92. The van der Waals surface area contributed by atoms with E-state index >= 15 is 0 Å². The topological polar surface area (TPSA) is 30.5 Å². The second kappa shape index (κ2) is 8.18. The third-order valence-electron chi connectivity index (χ3n) is 3.12. The SMILES string of the molecule is CCNC(c1ccccc1OC(C)C)C(CC)OC. The van der Waals surface area contributed by atoms with Crippen molar-refractivity contribution >= 4 is 0 Å². The predicted octanol–water partition coefficient (Wildman–Crippen LogP) is 3.55. The van der Waals surface area contributed by atoms with E-state index in [4.69, 9.17) is 9.47 Å². The molecule has 0 aliphatic rings. The Morgan fingerprint density at radius 2 is 1.84 bits per heavy atom. The van der Waals surface area contributed by atoms with Crippen molar-refractivity contribution in [2.45, 2.75) is 52.4 Å². The summed E-state index contributed by atoms with van der Waals surface area (Å²) in [7, 11) is 1.77. The molecular formula is C16H27NO2. The molecule has 1 aromatic rings. The minimum atomic E-state index is 0.150. The smallest absolute Gasteiger partial charge is 0.124 e. The first-order chi connectivity index (χ1) is 9.13. The van der Waals surface area contributed by atoms with Gasteiger partial charge in [0.2, 0.25) is 0 Å². The summed E-state index contributed by atoms with van der Waals surface area (Å²) in [4.78, 5) is 0. The van der Waals surface area contributed by atoms with Crippen molar-refractivity contribution in [3.63, 3.8) is 0 Å². The fourth-order valence-corrected chi connectivity index (χ4v) is 2.30. The number of hydrogen-bond acceptors (Lipinski definition) is 3. The summed E-state index contributed by atoms with van der Waals surface area (Å²) < 4.78 is 11.5. The predicted molar refractivity (Wildman–Crippen MR) is 79.7 cm³/mol. The van der Waals surface area contributed by atoms with E-state index in [1.54, 1.807) is 7.11 Å². The zero-order chi connectivity index (χ0) is 14.3. The second-order valence-corrected chi connectivity index (χ2v) is 4.92. The largest absolute Gasteiger partial charge is 0.491 e. The van der Waals surface area contributed by atoms with Gasteiger partial charge in [-0.1, -0.05) is 32.0 Å². The number of likely N-dealkylation sites (N-methyl/N-ethyl adjacent to an activating group) is 1. The van der Waals surface area contributed by atoms with Crippen LogP contribution in [0.25, 0.3) is 0 Å². The molecule has 1 N–H and O–H groups in total. The highest BCUT2D eigenvalue weighted by Crippen LogP contribution is 2.30. The van der Waals surface area contributed by atoms with Crippen LogP contribution in [-0.4, -0.2) is 25.9 Å². The molecule has 0 saturated heterocycles. The van der Waals surface area contributed by atoms with E-state index in [2.05, 4.69) is 31.3 Å². The average molecular weight is 265 g/mol. The lowest BCUT2D eigenvalue weighted by molar-refractivity contribution is 0.0641. The van der Waals surface area contributed by atoms with Crippen LogP contribution in [0.5, 0.6) is 5.75 Å². The summed E-state index contributed by atoms with van der Waals surface area (Å²) in [6.45, 7) is 9.26. The molecule has 1 aromatic carbocycles. The van der Waals surface area contributed by atoms with E-state index in [0.29, 0.717) is 0 Å². The summed E-state index contributed by atoms with van der Waals surface area (Å²) in [5.74, 6) is 0.943. The van der Waals surface area contributed by atoms with E-state index in [9.17, 15) is 0 Å². The summed E-state index contributed by atoms with van der Waals surface area (Å²) in [5.41, 5.74) is 1.17. The van der Waals surface area contributed by atoms with Crippen LogP contribution in [0, 0.1) is 0 Å². The van der Waals surface area contributed by atoms with Gasteiger partial charge in [0.1, 0.15) is 5.75 Å². The molecule has 3 heteroatoms. The first-order valence-corrected chi connectivity index (χ1v) is 7.15. The molecule has 0 amide bonds. The lowest BCUT2D eigenvalue weighted by Gasteiger charge is -2.28. The molecule has 0 fully saturated rings. The van der Waals surface area contributed by atoms with Gasteiger partial charge in [-0.3, -0.25) is 0 Å². The molecule has 2 unspecified atom stereocenters. The molecule has 19 heavy (non-hydrogen) atoms. The number of rotatable bonds is 8. The Hall–Kier alpha value is -1.06. The average Bonchev–Trinajstić information content (AvgIpc) is 2.39. The van der Waals surface area contributed by atoms with E-state index in [1.165, 1.54) is 5.56 Å². The van der Waals surface area contributed by atoms with Gasteiger partial charge in [0.05, 0.1) is 18.2 Å². The fraction of sp³-hybridized carbons (Fsp3) is 0.625. The maximum absolute atomic E-state index is 5.92. The van der Waals surface area contributed by atoms with Crippen molar-refractivity contribution in [1.82, 2.24) is 5.32 Å². The van der Waals surface area contributed by atoms with Crippen molar-refractivity contribution in [3.05, 3.63) is 29.8 Å². The Bertz CT molecular complexity index is 362. The van der Waals surface area contributed by atoms with Crippen LogP contribution in [0.15, 0.2) is 24.3 Å². The monoisotopic (exact) mass is 265 g/mol. The van der Waals surface area contributed by atoms with Crippen LogP contribution in [0.4, 0.5) is 0 Å². The maximum atomic E-state index is 5.92. The zero-order valence-corrected chi connectivity index (χ0v) is 12.8. The third kappa shape index (κ3) is 4.51.